The molecule has 2 rings (SSSR count). The summed E-state index contributed by atoms with van der Waals surface area (Å²) in [6.45, 7) is 4.62. The maximum atomic E-state index is 11.3. The predicted octanol–water partition coefficient (Wildman–Crippen LogP) is 4.46. The van der Waals surface area contributed by atoms with E-state index in [4.69, 9.17) is 17.3 Å². The highest BCUT2D eigenvalue weighted by Gasteiger charge is 2.21. The monoisotopic (exact) mass is 308 g/mol. The van der Waals surface area contributed by atoms with Crippen LogP contribution in [0.3, 0.4) is 0 Å². The number of amides is 1. The van der Waals surface area contributed by atoms with Crippen LogP contribution < -0.4 is 11.1 Å². The fourth-order valence-corrected chi connectivity index (χ4v) is 3.32. The van der Waals surface area contributed by atoms with Gasteiger partial charge in [0.25, 0.3) is 0 Å². The number of hydrogen-bond acceptors (Lipinski definition) is 2. The van der Waals surface area contributed by atoms with Gasteiger partial charge in [0.15, 0.2) is 0 Å². The van der Waals surface area contributed by atoms with Crippen molar-refractivity contribution in [3.05, 3.63) is 28.8 Å². The second-order valence-electron chi connectivity index (χ2n) is 6.41. The van der Waals surface area contributed by atoms with Crippen molar-refractivity contribution < 1.29 is 4.79 Å². The quantitative estimate of drug-likeness (QED) is 0.807. The second-order valence-corrected chi connectivity index (χ2v) is 6.82. The van der Waals surface area contributed by atoms with Crippen molar-refractivity contribution in [1.29, 1.82) is 0 Å². The van der Waals surface area contributed by atoms with Crippen LogP contribution in [0.4, 0.5) is 5.69 Å². The number of hydrogen-bond donors (Lipinski definition) is 2. The van der Waals surface area contributed by atoms with Crippen LogP contribution in [-0.2, 0) is 0 Å². The fourth-order valence-electron chi connectivity index (χ4n) is 3.15. The van der Waals surface area contributed by atoms with Crippen molar-refractivity contribution >= 4 is 23.2 Å². The molecule has 116 valence electrons. The van der Waals surface area contributed by atoms with E-state index in [2.05, 4.69) is 19.2 Å². The minimum absolute atomic E-state index is 0.421. The average molecular weight is 309 g/mol. The average Bonchev–Trinajstić information content (AvgIpc) is 2.66. The number of carbonyl (C=O) groups is 1. The van der Waals surface area contributed by atoms with E-state index in [0.29, 0.717) is 16.6 Å². The van der Waals surface area contributed by atoms with Gasteiger partial charge >= 0.3 is 0 Å². The highest BCUT2D eigenvalue weighted by Crippen LogP contribution is 2.31. The molecule has 1 amide bonds. The summed E-state index contributed by atoms with van der Waals surface area (Å²) in [6.07, 6.45) is 6.11. The van der Waals surface area contributed by atoms with Crippen molar-refractivity contribution in [2.24, 2.45) is 17.6 Å². The van der Waals surface area contributed by atoms with Crippen molar-refractivity contribution in [3.8, 4) is 0 Å². The smallest absolute Gasteiger partial charge is 0.248 e. The maximum absolute atomic E-state index is 11.3. The van der Waals surface area contributed by atoms with E-state index in [1.54, 1.807) is 18.2 Å². The van der Waals surface area contributed by atoms with Gasteiger partial charge in [-0.2, -0.15) is 0 Å². The summed E-state index contributed by atoms with van der Waals surface area (Å²) in [7, 11) is 0. The molecule has 0 heterocycles. The fraction of sp³-hybridized carbons (Fsp3) is 0.588. The van der Waals surface area contributed by atoms with Crippen LogP contribution in [0, 0.1) is 11.8 Å². The van der Waals surface area contributed by atoms with Gasteiger partial charge in [0.05, 0.1) is 10.7 Å². The third-order valence-electron chi connectivity index (χ3n) is 4.57. The summed E-state index contributed by atoms with van der Waals surface area (Å²) in [5, 5.41) is 4.15. The Morgan fingerprint density at radius 2 is 2.05 bits per heavy atom. The summed E-state index contributed by atoms with van der Waals surface area (Å²) >= 11 is 6.23. The molecule has 1 aliphatic carbocycles. The summed E-state index contributed by atoms with van der Waals surface area (Å²) in [6, 6.07) is 5.58. The lowest BCUT2D eigenvalue weighted by Gasteiger charge is -2.20. The number of anilines is 1. The highest BCUT2D eigenvalue weighted by atomic mass is 35.5. The Kier molecular flexibility index (Phi) is 5.51. The lowest BCUT2D eigenvalue weighted by Crippen LogP contribution is -2.20. The molecule has 4 heteroatoms. The molecule has 3 nitrogen and oxygen atoms in total. The number of rotatable bonds is 4. The van der Waals surface area contributed by atoms with Gasteiger partial charge < -0.3 is 11.1 Å². The van der Waals surface area contributed by atoms with E-state index in [9.17, 15) is 4.79 Å². The molecule has 0 spiro atoms. The molecule has 0 aromatic heterocycles. The Morgan fingerprint density at radius 3 is 2.71 bits per heavy atom. The van der Waals surface area contributed by atoms with Crippen LogP contribution in [0.2, 0.25) is 5.02 Å². The molecule has 3 N–H and O–H groups in total. The van der Waals surface area contributed by atoms with E-state index in [1.807, 2.05) is 0 Å². The van der Waals surface area contributed by atoms with Crippen LogP contribution in [0.5, 0.6) is 0 Å². The molecule has 0 radical (unpaired) electrons. The van der Waals surface area contributed by atoms with Crippen molar-refractivity contribution in [2.45, 2.75) is 52.0 Å². The Labute approximate surface area is 132 Å². The molecule has 21 heavy (non-hydrogen) atoms. The molecule has 0 bridgehead atoms. The van der Waals surface area contributed by atoms with Gasteiger partial charge in [-0.25, -0.2) is 0 Å². The third kappa shape index (κ3) is 4.37. The predicted molar refractivity (Wildman–Crippen MR) is 88.8 cm³/mol. The molecule has 0 aliphatic heterocycles. The third-order valence-corrected chi connectivity index (χ3v) is 4.90. The van der Waals surface area contributed by atoms with Gasteiger partial charge in [-0.15, -0.1) is 0 Å². The number of halogens is 1. The van der Waals surface area contributed by atoms with Crippen LogP contribution in [0.1, 0.15) is 56.3 Å². The van der Waals surface area contributed by atoms with Crippen molar-refractivity contribution in [3.63, 3.8) is 0 Å². The van der Waals surface area contributed by atoms with Gasteiger partial charge in [-0.1, -0.05) is 38.3 Å². The first-order valence-corrected chi connectivity index (χ1v) is 8.21. The van der Waals surface area contributed by atoms with Gasteiger partial charge in [0.1, 0.15) is 0 Å². The Morgan fingerprint density at radius 1 is 1.29 bits per heavy atom. The number of primary amides is 1. The van der Waals surface area contributed by atoms with E-state index in [0.717, 1.165) is 30.4 Å². The summed E-state index contributed by atoms with van der Waals surface area (Å²) in [5.74, 6) is 1.16. The van der Waals surface area contributed by atoms with Crippen LogP contribution in [-0.4, -0.2) is 11.9 Å². The van der Waals surface area contributed by atoms with Crippen molar-refractivity contribution in [1.82, 2.24) is 0 Å². The van der Waals surface area contributed by atoms with Gasteiger partial charge in [0.2, 0.25) is 5.91 Å². The van der Waals surface area contributed by atoms with E-state index < -0.39 is 5.91 Å². The minimum Gasteiger partial charge on any atom is -0.381 e. The summed E-state index contributed by atoms with van der Waals surface area (Å²) in [4.78, 5) is 11.3. The number of carbonyl (C=O) groups excluding carboxylic acids is 1. The number of nitrogens with two attached hydrogens (primary N) is 1. The van der Waals surface area contributed by atoms with E-state index in [1.165, 1.54) is 19.3 Å². The minimum atomic E-state index is -0.421. The molecule has 2 atom stereocenters. The maximum Gasteiger partial charge on any atom is 0.248 e. The lowest BCUT2D eigenvalue weighted by molar-refractivity contribution is 0.100. The Balaban J connectivity index is 2.04. The molecule has 1 aromatic rings. The standard InChI is InChI=1S/C17H25ClN2O/c1-11(2)12-4-3-5-14(8-6-12)20-16-10-13(17(19)21)7-9-15(16)18/h7,9-12,14,20H,3-6,8H2,1-2H3,(H2,19,21). The zero-order valence-electron chi connectivity index (χ0n) is 12.9. The lowest BCUT2D eigenvalue weighted by atomic mass is 9.89. The number of nitrogens with one attached hydrogen (secondary N) is 1. The molecule has 1 aliphatic rings. The zero-order valence-corrected chi connectivity index (χ0v) is 13.6. The second kappa shape index (κ2) is 7.17. The number of benzene rings is 1. The first kappa shape index (κ1) is 16.2. The van der Waals surface area contributed by atoms with Crippen LogP contribution in [0.25, 0.3) is 0 Å². The normalized spacial score (nSPS) is 22.9. The van der Waals surface area contributed by atoms with Crippen LogP contribution in [0.15, 0.2) is 18.2 Å². The zero-order chi connectivity index (χ0) is 15.4. The molecule has 1 saturated carbocycles. The molecule has 1 aromatic carbocycles. The Bertz CT molecular complexity index is 502. The first-order chi connectivity index (χ1) is 9.97. The summed E-state index contributed by atoms with van der Waals surface area (Å²) < 4.78 is 0. The topological polar surface area (TPSA) is 55.1 Å². The largest absolute Gasteiger partial charge is 0.381 e. The first-order valence-electron chi connectivity index (χ1n) is 7.83. The molecular weight excluding hydrogens is 284 g/mol. The van der Waals surface area contributed by atoms with E-state index >= 15 is 0 Å². The van der Waals surface area contributed by atoms with Crippen LogP contribution >= 0.6 is 11.6 Å². The van der Waals surface area contributed by atoms with E-state index in [-0.39, 0.29) is 0 Å². The molecule has 2 unspecified atom stereocenters. The molecule has 1 fully saturated rings. The van der Waals surface area contributed by atoms with Crippen molar-refractivity contribution in [2.75, 3.05) is 5.32 Å². The van der Waals surface area contributed by atoms with Gasteiger partial charge in [0, 0.05) is 11.6 Å². The molecule has 0 saturated heterocycles. The highest BCUT2D eigenvalue weighted by molar-refractivity contribution is 6.33. The summed E-state index contributed by atoms with van der Waals surface area (Å²) in [5.41, 5.74) is 6.65. The van der Waals surface area contributed by atoms with Gasteiger partial charge in [-0.05, 0) is 49.3 Å². The molecular formula is C17H25ClN2O. The van der Waals surface area contributed by atoms with Gasteiger partial charge in [-0.3, -0.25) is 4.79 Å². The Hall–Kier alpha value is -1.22. The SMILES string of the molecule is CC(C)C1CCCC(Nc2cc(C(N)=O)ccc2Cl)CC1.